The highest BCUT2D eigenvalue weighted by molar-refractivity contribution is 5.75. The Balaban J connectivity index is 2.88. The van der Waals surface area contributed by atoms with Crippen LogP contribution in [0.25, 0.3) is 0 Å². The second-order valence-electron chi connectivity index (χ2n) is 4.33. The predicted molar refractivity (Wildman–Crippen MR) is 66.1 cm³/mol. The SMILES string of the molecule is COc1cccc(C)c1C(C)CCC(C)=O. The molecule has 0 aliphatic rings. The van der Waals surface area contributed by atoms with Gasteiger partial charge in [0.1, 0.15) is 11.5 Å². The Morgan fingerprint density at radius 1 is 1.44 bits per heavy atom. The third-order valence-electron chi connectivity index (χ3n) is 2.93. The summed E-state index contributed by atoms with van der Waals surface area (Å²) in [6.07, 6.45) is 1.52. The summed E-state index contributed by atoms with van der Waals surface area (Å²) in [7, 11) is 1.69. The number of methoxy groups -OCH3 is 1. The molecule has 88 valence electrons. The number of carbonyl (C=O) groups is 1. The fourth-order valence-electron chi connectivity index (χ4n) is 2.03. The van der Waals surface area contributed by atoms with Gasteiger partial charge in [0.2, 0.25) is 0 Å². The molecule has 2 heteroatoms. The third-order valence-corrected chi connectivity index (χ3v) is 2.93. The molecule has 0 N–H and O–H groups in total. The molecule has 2 nitrogen and oxygen atoms in total. The number of Topliss-reactive ketones (excluding diaryl/α,β-unsaturated/α-hetero) is 1. The van der Waals surface area contributed by atoms with E-state index in [0.29, 0.717) is 12.3 Å². The summed E-state index contributed by atoms with van der Waals surface area (Å²) in [6, 6.07) is 6.06. The molecule has 1 aromatic carbocycles. The normalized spacial score (nSPS) is 12.2. The van der Waals surface area contributed by atoms with E-state index in [1.807, 2.05) is 12.1 Å². The summed E-state index contributed by atoms with van der Waals surface area (Å²) in [5, 5.41) is 0. The van der Waals surface area contributed by atoms with Crippen LogP contribution in [0.15, 0.2) is 18.2 Å². The van der Waals surface area contributed by atoms with Gasteiger partial charge < -0.3 is 9.53 Å². The van der Waals surface area contributed by atoms with Crippen LogP contribution in [0.2, 0.25) is 0 Å². The van der Waals surface area contributed by atoms with Crippen LogP contribution in [0.4, 0.5) is 0 Å². The van der Waals surface area contributed by atoms with E-state index in [1.54, 1.807) is 14.0 Å². The second-order valence-corrected chi connectivity index (χ2v) is 4.33. The number of aryl methyl sites for hydroxylation is 1. The Kier molecular flexibility index (Phi) is 4.53. The monoisotopic (exact) mass is 220 g/mol. The highest BCUT2D eigenvalue weighted by Gasteiger charge is 2.14. The maximum absolute atomic E-state index is 11.0. The number of ether oxygens (including phenoxy) is 1. The molecule has 0 heterocycles. The highest BCUT2D eigenvalue weighted by atomic mass is 16.5. The molecule has 0 fully saturated rings. The van der Waals surface area contributed by atoms with Gasteiger partial charge in [0, 0.05) is 6.42 Å². The first-order valence-electron chi connectivity index (χ1n) is 5.69. The summed E-state index contributed by atoms with van der Waals surface area (Å²) in [5.74, 6) is 1.54. The van der Waals surface area contributed by atoms with Crippen LogP contribution in [0.3, 0.4) is 0 Å². The minimum atomic E-state index is 0.249. The van der Waals surface area contributed by atoms with Crippen molar-refractivity contribution in [2.45, 2.75) is 39.5 Å². The smallest absolute Gasteiger partial charge is 0.129 e. The number of hydrogen-bond acceptors (Lipinski definition) is 2. The van der Waals surface area contributed by atoms with Gasteiger partial charge in [0.25, 0.3) is 0 Å². The van der Waals surface area contributed by atoms with Gasteiger partial charge in [-0.3, -0.25) is 0 Å². The minimum Gasteiger partial charge on any atom is -0.496 e. The summed E-state index contributed by atoms with van der Waals surface area (Å²) in [5.41, 5.74) is 2.46. The van der Waals surface area contributed by atoms with E-state index in [-0.39, 0.29) is 5.78 Å². The van der Waals surface area contributed by atoms with Crippen LogP contribution in [0.5, 0.6) is 5.75 Å². The lowest BCUT2D eigenvalue weighted by atomic mass is 9.91. The van der Waals surface area contributed by atoms with Crippen molar-refractivity contribution in [3.8, 4) is 5.75 Å². The van der Waals surface area contributed by atoms with Crippen LogP contribution in [0.1, 0.15) is 43.7 Å². The lowest BCUT2D eigenvalue weighted by molar-refractivity contribution is -0.117. The molecule has 0 bridgehead atoms. The number of rotatable bonds is 5. The Hall–Kier alpha value is -1.31. The van der Waals surface area contributed by atoms with Gasteiger partial charge in [-0.05, 0) is 43.4 Å². The fraction of sp³-hybridized carbons (Fsp3) is 0.500. The second kappa shape index (κ2) is 5.69. The molecule has 0 aliphatic carbocycles. The van der Waals surface area contributed by atoms with Crippen LogP contribution < -0.4 is 4.74 Å². The number of ketones is 1. The zero-order valence-electron chi connectivity index (χ0n) is 10.5. The standard InChI is InChI=1S/C14H20O2/c1-10-6-5-7-13(16-4)14(10)11(2)8-9-12(3)15/h5-7,11H,8-9H2,1-4H3. The van der Waals surface area contributed by atoms with Crippen LogP contribution in [0, 0.1) is 6.92 Å². The van der Waals surface area contributed by atoms with Crippen molar-refractivity contribution >= 4 is 5.78 Å². The largest absolute Gasteiger partial charge is 0.496 e. The zero-order chi connectivity index (χ0) is 12.1. The van der Waals surface area contributed by atoms with Gasteiger partial charge >= 0.3 is 0 Å². The molecule has 1 rings (SSSR count). The van der Waals surface area contributed by atoms with E-state index in [0.717, 1.165) is 12.2 Å². The van der Waals surface area contributed by atoms with Gasteiger partial charge in [0.15, 0.2) is 0 Å². The van der Waals surface area contributed by atoms with Crippen LogP contribution in [-0.2, 0) is 4.79 Å². The van der Waals surface area contributed by atoms with E-state index in [4.69, 9.17) is 4.74 Å². The molecule has 16 heavy (non-hydrogen) atoms. The van der Waals surface area contributed by atoms with Gasteiger partial charge in [-0.15, -0.1) is 0 Å². The lowest BCUT2D eigenvalue weighted by Gasteiger charge is -2.17. The molecule has 1 atom stereocenters. The Morgan fingerprint density at radius 3 is 2.69 bits per heavy atom. The molecule has 0 saturated carbocycles. The van der Waals surface area contributed by atoms with Crippen molar-refractivity contribution in [3.05, 3.63) is 29.3 Å². The molecule has 0 aromatic heterocycles. The molecule has 0 amide bonds. The van der Waals surface area contributed by atoms with Crippen molar-refractivity contribution in [1.82, 2.24) is 0 Å². The average Bonchev–Trinajstić information content (AvgIpc) is 2.25. The van der Waals surface area contributed by atoms with E-state index in [2.05, 4.69) is 19.9 Å². The van der Waals surface area contributed by atoms with E-state index in [9.17, 15) is 4.79 Å². The van der Waals surface area contributed by atoms with Gasteiger partial charge in [-0.25, -0.2) is 0 Å². The van der Waals surface area contributed by atoms with Crippen molar-refractivity contribution in [2.75, 3.05) is 7.11 Å². The van der Waals surface area contributed by atoms with Crippen molar-refractivity contribution < 1.29 is 9.53 Å². The van der Waals surface area contributed by atoms with Crippen LogP contribution in [-0.4, -0.2) is 12.9 Å². The first-order chi connectivity index (χ1) is 7.56. The van der Waals surface area contributed by atoms with E-state index in [1.165, 1.54) is 11.1 Å². The molecule has 0 radical (unpaired) electrons. The Labute approximate surface area is 97.6 Å². The quantitative estimate of drug-likeness (QED) is 0.759. The maximum atomic E-state index is 11.0. The predicted octanol–water partition coefficient (Wildman–Crippen LogP) is 3.48. The van der Waals surface area contributed by atoms with Gasteiger partial charge in [-0.1, -0.05) is 19.1 Å². The van der Waals surface area contributed by atoms with Crippen molar-refractivity contribution in [1.29, 1.82) is 0 Å². The van der Waals surface area contributed by atoms with Crippen molar-refractivity contribution in [2.24, 2.45) is 0 Å². The van der Waals surface area contributed by atoms with Gasteiger partial charge in [-0.2, -0.15) is 0 Å². The fourth-order valence-corrected chi connectivity index (χ4v) is 2.03. The summed E-state index contributed by atoms with van der Waals surface area (Å²) in [4.78, 5) is 11.0. The maximum Gasteiger partial charge on any atom is 0.129 e. The Morgan fingerprint density at radius 2 is 2.12 bits per heavy atom. The first-order valence-corrected chi connectivity index (χ1v) is 5.69. The van der Waals surface area contributed by atoms with Crippen molar-refractivity contribution in [3.63, 3.8) is 0 Å². The minimum absolute atomic E-state index is 0.249. The molecular formula is C14H20O2. The number of hydrogen-bond donors (Lipinski definition) is 0. The number of benzene rings is 1. The summed E-state index contributed by atoms with van der Waals surface area (Å²) < 4.78 is 5.37. The molecule has 0 aliphatic heterocycles. The number of carbonyl (C=O) groups excluding carboxylic acids is 1. The highest BCUT2D eigenvalue weighted by Crippen LogP contribution is 2.32. The summed E-state index contributed by atoms with van der Waals surface area (Å²) in [6.45, 7) is 5.87. The van der Waals surface area contributed by atoms with Crippen LogP contribution >= 0.6 is 0 Å². The topological polar surface area (TPSA) is 26.3 Å². The Bertz CT molecular complexity index is 369. The lowest BCUT2D eigenvalue weighted by Crippen LogP contribution is -2.02. The summed E-state index contributed by atoms with van der Waals surface area (Å²) >= 11 is 0. The molecule has 1 unspecified atom stereocenters. The van der Waals surface area contributed by atoms with E-state index >= 15 is 0 Å². The average molecular weight is 220 g/mol. The third kappa shape index (κ3) is 3.09. The molecule has 0 saturated heterocycles. The molecule has 0 spiro atoms. The molecular weight excluding hydrogens is 200 g/mol. The van der Waals surface area contributed by atoms with Gasteiger partial charge in [0.05, 0.1) is 7.11 Å². The first kappa shape index (κ1) is 12.8. The van der Waals surface area contributed by atoms with E-state index < -0.39 is 0 Å². The molecule has 1 aromatic rings. The zero-order valence-corrected chi connectivity index (χ0v) is 10.5.